The molecule has 4 nitrogen and oxygen atoms in total. The minimum atomic E-state index is -1.83. The van der Waals surface area contributed by atoms with Crippen LogP contribution in [0, 0.1) is 0 Å². The molecule has 22 heavy (non-hydrogen) atoms. The number of para-hydroxylation sites is 1. The SMILES string of the molecule is COc1cccc(CC[C@H](O)CO[Si](C)(C)C(C)(C)C)c1O. The van der Waals surface area contributed by atoms with E-state index < -0.39 is 14.4 Å². The van der Waals surface area contributed by atoms with E-state index in [1.165, 1.54) is 7.11 Å². The summed E-state index contributed by atoms with van der Waals surface area (Å²) >= 11 is 0. The van der Waals surface area contributed by atoms with E-state index in [4.69, 9.17) is 9.16 Å². The van der Waals surface area contributed by atoms with Crippen LogP contribution in [-0.4, -0.2) is 38.4 Å². The van der Waals surface area contributed by atoms with Gasteiger partial charge in [0.15, 0.2) is 19.8 Å². The van der Waals surface area contributed by atoms with Crippen LogP contribution >= 0.6 is 0 Å². The second kappa shape index (κ2) is 7.48. The fraction of sp³-hybridized carbons (Fsp3) is 0.647. The third-order valence-corrected chi connectivity index (χ3v) is 8.99. The fourth-order valence-corrected chi connectivity index (χ4v) is 2.90. The van der Waals surface area contributed by atoms with E-state index in [0.29, 0.717) is 25.2 Å². The van der Waals surface area contributed by atoms with Crippen LogP contribution in [0.4, 0.5) is 0 Å². The number of hydrogen-bond donors (Lipinski definition) is 2. The van der Waals surface area contributed by atoms with Crippen LogP contribution in [0.1, 0.15) is 32.8 Å². The van der Waals surface area contributed by atoms with E-state index in [2.05, 4.69) is 33.9 Å². The zero-order valence-corrected chi connectivity index (χ0v) is 15.6. The maximum absolute atomic E-state index is 10.1. The largest absolute Gasteiger partial charge is 0.504 e. The van der Waals surface area contributed by atoms with E-state index in [9.17, 15) is 10.2 Å². The molecule has 0 aliphatic heterocycles. The maximum Gasteiger partial charge on any atom is 0.192 e. The Morgan fingerprint density at radius 2 is 1.86 bits per heavy atom. The monoisotopic (exact) mass is 326 g/mol. The van der Waals surface area contributed by atoms with Crippen LogP contribution in [0.2, 0.25) is 18.1 Å². The van der Waals surface area contributed by atoms with Gasteiger partial charge < -0.3 is 19.4 Å². The summed E-state index contributed by atoms with van der Waals surface area (Å²) in [6, 6.07) is 5.40. The zero-order chi connectivity index (χ0) is 17.0. The van der Waals surface area contributed by atoms with Crippen molar-refractivity contribution >= 4 is 8.32 Å². The molecule has 0 saturated heterocycles. The van der Waals surface area contributed by atoms with Gasteiger partial charge in [0.1, 0.15) is 0 Å². The Morgan fingerprint density at radius 1 is 1.23 bits per heavy atom. The van der Waals surface area contributed by atoms with Gasteiger partial charge in [0.25, 0.3) is 0 Å². The highest BCUT2D eigenvalue weighted by molar-refractivity contribution is 6.74. The predicted octanol–water partition coefficient (Wildman–Crippen LogP) is 3.72. The average molecular weight is 327 g/mol. The van der Waals surface area contributed by atoms with Crippen molar-refractivity contribution in [2.75, 3.05) is 13.7 Å². The Morgan fingerprint density at radius 3 is 2.41 bits per heavy atom. The summed E-state index contributed by atoms with van der Waals surface area (Å²) in [4.78, 5) is 0. The van der Waals surface area contributed by atoms with Gasteiger partial charge in [-0.3, -0.25) is 0 Å². The summed E-state index contributed by atoms with van der Waals surface area (Å²) < 4.78 is 11.1. The molecule has 0 aliphatic rings. The summed E-state index contributed by atoms with van der Waals surface area (Å²) in [5, 5.41) is 20.3. The van der Waals surface area contributed by atoms with E-state index in [1.807, 2.05) is 12.1 Å². The van der Waals surface area contributed by atoms with Gasteiger partial charge in [-0.1, -0.05) is 32.9 Å². The van der Waals surface area contributed by atoms with Gasteiger partial charge in [0.05, 0.1) is 19.8 Å². The van der Waals surface area contributed by atoms with Crippen molar-refractivity contribution in [1.82, 2.24) is 0 Å². The number of ether oxygens (including phenoxy) is 1. The maximum atomic E-state index is 10.1. The van der Waals surface area contributed by atoms with Gasteiger partial charge in [-0.25, -0.2) is 0 Å². The molecule has 0 fully saturated rings. The van der Waals surface area contributed by atoms with Crippen molar-refractivity contribution in [2.24, 2.45) is 0 Å². The molecule has 1 rings (SSSR count). The minimum Gasteiger partial charge on any atom is -0.504 e. The number of aryl methyl sites for hydroxylation is 1. The van der Waals surface area contributed by atoms with Crippen LogP contribution in [0.15, 0.2) is 18.2 Å². The Bertz CT molecular complexity index is 480. The third-order valence-electron chi connectivity index (χ3n) is 4.49. The van der Waals surface area contributed by atoms with E-state index in [0.717, 1.165) is 5.56 Å². The number of methoxy groups -OCH3 is 1. The number of phenolic OH excluding ortho intramolecular Hbond substituents is 1. The Kier molecular flexibility index (Phi) is 6.46. The van der Waals surface area contributed by atoms with E-state index in [1.54, 1.807) is 6.07 Å². The first-order valence-electron chi connectivity index (χ1n) is 7.75. The molecular formula is C17H30O4Si. The number of phenols is 1. The highest BCUT2D eigenvalue weighted by Crippen LogP contribution is 2.36. The molecule has 0 aliphatic carbocycles. The first-order chi connectivity index (χ1) is 10.1. The van der Waals surface area contributed by atoms with E-state index >= 15 is 0 Å². The summed E-state index contributed by atoms with van der Waals surface area (Å²) in [7, 11) is -0.303. The molecule has 0 amide bonds. The van der Waals surface area contributed by atoms with Crippen LogP contribution in [0.25, 0.3) is 0 Å². The lowest BCUT2D eigenvalue weighted by atomic mass is 10.1. The first kappa shape index (κ1) is 19.0. The fourth-order valence-electron chi connectivity index (χ4n) is 1.86. The number of aliphatic hydroxyl groups is 1. The quantitative estimate of drug-likeness (QED) is 0.750. The van der Waals surface area contributed by atoms with Crippen LogP contribution < -0.4 is 4.74 Å². The molecule has 0 bridgehead atoms. The number of benzene rings is 1. The average Bonchev–Trinajstić information content (AvgIpc) is 2.43. The molecule has 0 aromatic heterocycles. The molecule has 0 unspecified atom stereocenters. The van der Waals surface area contributed by atoms with Gasteiger partial charge >= 0.3 is 0 Å². The first-order valence-corrected chi connectivity index (χ1v) is 10.7. The summed E-state index contributed by atoms with van der Waals surface area (Å²) in [6.45, 7) is 11.2. The number of hydrogen-bond acceptors (Lipinski definition) is 4. The van der Waals surface area contributed by atoms with Gasteiger partial charge in [-0.05, 0) is 42.6 Å². The van der Waals surface area contributed by atoms with Crippen molar-refractivity contribution in [3.63, 3.8) is 0 Å². The van der Waals surface area contributed by atoms with Crippen LogP contribution in [0.3, 0.4) is 0 Å². The Labute approximate surface area is 135 Å². The molecule has 126 valence electrons. The second-order valence-corrected chi connectivity index (χ2v) is 12.0. The highest BCUT2D eigenvalue weighted by Gasteiger charge is 2.37. The van der Waals surface area contributed by atoms with Crippen LogP contribution in [-0.2, 0) is 10.8 Å². The van der Waals surface area contributed by atoms with Crippen molar-refractivity contribution < 1.29 is 19.4 Å². The summed E-state index contributed by atoms with van der Waals surface area (Å²) in [5.74, 6) is 0.618. The number of aliphatic hydroxyl groups excluding tert-OH is 1. The molecule has 0 radical (unpaired) electrons. The topological polar surface area (TPSA) is 58.9 Å². The third kappa shape index (κ3) is 5.00. The minimum absolute atomic E-state index is 0.137. The normalized spacial score (nSPS) is 14.0. The zero-order valence-electron chi connectivity index (χ0n) is 14.6. The van der Waals surface area contributed by atoms with Gasteiger partial charge in [0, 0.05) is 0 Å². The Balaban J connectivity index is 2.52. The molecule has 1 aromatic rings. The van der Waals surface area contributed by atoms with Crippen molar-refractivity contribution in [3.8, 4) is 11.5 Å². The second-order valence-electron chi connectivity index (χ2n) is 7.23. The molecule has 0 saturated carbocycles. The molecule has 1 atom stereocenters. The molecular weight excluding hydrogens is 296 g/mol. The Hall–Kier alpha value is -1.04. The van der Waals surface area contributed by atoms with Crippen molar-refractivity contribution in [1.29, 1.82) is 0 Å². The van der Waals surface area contributed by atoms with Gasteiger partial charge in [-0.15, -0.1) is 0 Å². The molecule has 0 heterocycles. The molecule has 1 aromatic carbocycles. The lowest BCUT2D eigenvalue weighted by Crippen LogP contribution is -2.42. The molecule has 5 heteroatoms. The lowest BCUT2D eigenvalue weighted by Gasteiger charge is -2.36. The van der Waals surface area contributed by atoms with Gasteiger partial charge in [-0.2, -0.15) is 0 Å². The molecule has 2 N–H and O–H groups in total. The number of aromatic hydroxyl groups is 1. The summed E-state index contributed by atoms with van der Waals surface area (Å²) in [5.41, 5.74) is 0.783. The van der Waals surface area contributed by atoms with Crippen molar-refractivity contribution in [3.05, 3.63) is 23.8 Å². The smallest absolute Gasteiger partial charge is 0.192 e. The van der Waals surface area contributed by atoms with Crippen molar-refractivity contribution in [2.45, 2.75) is 57.8 Å². The highest BCUT2D eigenvalue weighted by atomic mass is 28.4. The van der Waals surface area contributed by atoms with Crippen LogP contribution in [0.5, 0.6) is 11.5 Å². The molecule has 0 spiro atoms. The van der Waals surface area contributed by atoms with E-state index in [-0.39, 0.29) is 10.8 Å². The van der Waals surface area contributed by atoms with Gasteiger partial charge in [0.2, 0.25) is 0 Å². The summed E-state index contributed by atoms with van der Waals surface area (Å²) in [6.07, 6.45) is 0.611. The lowest BCUT2D eigenvalue weighted by molar-refractivity contribution is 0.0930. The standard InChI is InChI=1S/C17H30O4Si/c1-17(2,3)22(5,6)21-12-14(18)11-10-13-8-7-9-15(20-4)16(13)19/h7-9,14,18-19H,10-12H2,1-6H3/t14-/m0/s1. The number of rotatable bonds is 7. The predicted molar refractivity (Wildman–Crippen MR) is 92.1 cm³/mol.